The minimum Gasteiger partial charge on any atom is -0.497 e. The van der Waals surface area contributed by atoms with E-state index in [1.54, 1.807) is 13.2 Å². The van der Waals surface area contributed by atoms with Gasteiger partial charge in [-0.3, -0.25) is 9.59 Å². The summed E-state index contributed by atoms with van der Waals surface area (Å²) in [6.07, 6.45) is 0.197. The predicted molar refractivity (Wildman–Crippen MR) is 81.1 cm³/mol. The summed E-state index contributed by atoms with van der Waals surface area (Å²) in [5.41, 5.74) is 2.15. The molecule has 2 aromatic rings. The molecule has 2 rings (SSSR count). The van der Waals surface area contributed by atoms with Gasteiger partial charge in [0.05, 0.1) is 12.6 Å². The molecule has 1 aromatic heterocycles. The summed E-state index contributed by atoms with van der Waals surface area (Å²) < 4.78 is 7.21. The van der Waals surface area contributed by atoms with Crippen molar-refractivity contribution in [2.75, 3.05) is 7.11 Å². The topological polar surface area (TPSA) is 68.5 Å². The van der Waals surface area contributed by atoms with Crippen molar-refractivity contribution in [2.45, 2.75) is 33.2 Å². The lowest BCUT2D eigenvalue weighted by Crippen LogP contribution is -2.19. The number of carbonyl (C=O) groups is 1. The number of methoxy groups -OCH3 is 1. The molecule has 1 heterocycles. The van der Waals surface area contributed by atoms with Crippen LogP contribution in [-0.2, 0) is 17.8 Å². The number of hydrogen-bond donors (Lipinski definition) is 1. The Bertz CT molecular complexity index is 746. The highest BCUT2D eigenvalue weighted by Gasteiger charge is 2.15. The van der Waals surface area contributed by atoms with Crippen LogP contribution in [0.3, 0.4) is 0 Å². The molecular formula is C16H19NO4. The Morgan fingerprint density at radius 2 is 2.10 bits per heavy atom. The van der Waals surface area contributed by atoms with Crippen LogP contribution in [0.4, 0.5) is 0 Å². The van der Waals surface area contributed by atoms with Crippen LogP contribution in [0.1, 0.15) is 24.6 Å². The lowest BCUT2D eigenvalue weighted by atomic mass is 10.0. The molecule has 0 saturated carbocycles. The van der Waals surface area contributed by atoms with E-state index in [-0.39, 0.29) is 18.3 Å². The first-order valence-electron chi connectivity index (χ1n) is 6.91. The third-order valence-corrected chi connectivity index (χ3v) is 3.76. The van der Waals surface area contributed by atoms with Gasteiger partial charge in [0, 0.05) is 29.6 Å². The van der Waals surface area contributed by atoms with Crippen molar-refractivity contribution in [3.63, 3.8) is 0 Å². The van der Waals surface area contributed by atoms with Gasteiger partial charge in [-0.25, -0.2) is 0 Å². The van der Waals surface area contributed by atoms with Crippen LogP contribution in [0, 0.1) is 6.92 Å². The van der Waals surface area contributed by atoms with Crippen LogP contribution < -0.4 is 10.2 Å². The van der Waals surface area contributed by atoms with E-state index in [1.165, 1.54) is 0 Å². The molecule has 21 heavy (non-hydrogen) atoms. The average molecular weight is 289 g/mol. The molecule has 0 saturated heterocycles. The molecule has 0 radical (unpaired) electrons. The minimum absolute atomic E-state index is 0.0464. The van der Waals surface area contributed by atoms with Crippen molar-refractivity contribution in [3.05, 3.63) is 39.7 Å². The SMILES string of the molecule is CCn1c(C)c(CCC(=O)O)c(=O)c2cc(OC)ccc21. The summed E-state index contributed by atoms with van der Waals surface area (Å²) in [5, 5.41) is 9.42. The largest absolute Gasteiger partial charge is 0.497 e. The lowest BCUT2D eigenvalue weighted by molar-refractivity contribution is -0.136. The van der Waals surface area contributed by atoms with Gasteiger partial charge in [0.2, 0.25) is 0 Å². The minimum atomic E-state index is -0.900. The number of nitrogens with zero attached hydrogens (tertiary/aromatic N) is 1. The number of ether oxygens (including phenoxy) is 1. The maximum absolute atomic E-state index is 12.6. The fourth-order valence-corrected chi connectivity index (χ4v) is 2.66. The van der Waals surface area contributed by atoms with Gasteiger partial charge in [0.1, 0.15) is 5.75 Å². The smallest absolute Gasteiger partial charge is 0.303 e. The molecule has 5 nitrogen and oxygen atoms in total. The van der Waals surface area contributed by atoms with Crippen molar-refractivity contribution < 1.29 is 14.6 Å². The highest BCUT2D eigenvalue weighted by Crippen LogP contribution is 2.21. The van der Waals surface area contributed by atoms with E-state index in [4.69, 9.17) is 9.84 Å². The molecule has 0 aliphatic heterocycles. The second-order valence-electron chi connectivity index (χ2n) is 4.91. The van der Waals surface area contributed by atoms with Crippen molar-refractivity contribution in [1.29, 1.82) is 0 Å². The van der Waals surface area contributed by atoms with E-state index in [0.29, 0.717) is 16.7 Å². The monoisotopic (exact) mass is 289 g/mol. The Labute approximate surface area is 122 Å². The van der Waals surface area contributed by atoms with Crippen molar-refractivity contribution in [3.8, 4) is 5.75 Å². The number of rotatable bonds is 5. The van der Waals surface area contributed by atoms with Crippen LogP contribution in [-0.4, -0.2) is 22.8 Å². The van der Waals surface area contributed by atoms with E-state index in [1.807, 2.05) is 30.5 Å². The second-order valence-corrected chi connectivity index (χ2v) is 4.91. The number of aryl methyl sites for hydroxylation is 1. The van der Waals surface area contributed by atoms with Gasteiger partial charge in [0.15, 0.2) is 5.43 Å². The standard InChI is InChI=1S/C16H19NO4/c1-4-17-10(2)12(6-8-15(18)19)16(20)13-9-11(21-3)5-7-14(13)17/h5,7,9H,4,6,8H2,1-3H3,(H,18,19). The molecule has 0 aliphatic carbocycles. The number of hydrogen-bond acceptors (Lipinski definition) is 3. The second kappa shape index (κ2) is 5.99. The molecule has 1 aromatic carbocycles. The molecule has 0 amide bonds. The number of aliphatic carboxylic acids is 1. The van der Waals surface area contributed by atoms with Crippen LogP contribution in [0.15, 0.2) is 23.0 Å². The summed E-state index contributed by atoms with van der Waals surface area (Å²) in [7, 11) is 1.55. The first-order valence-corrected chi connectivity index (χ1v) is 6.91. The predicted octanol–water partition coefficient (Wildman–Crippen LogP) is 2.36. The molecule has 0 atom stereocenters. The summed E-state index contributed by atoms with van der Waals surface area (Å²) in [6, 6.07) is 5.41. The summed E-state index contributed by atoms with van der Waals surface area (Å²) in [5.74, 6) is -0.280. The zero-order valence-electron chi connectivity index (χ0n) is 12.5. The fraction of sp³-hybridized carbons (Fsp3) is 0.375. The Morgan fingerprint density at radius 1 is 1.38 bits per heavy atom. The Morgan fingerprint density at radius 3 is 2.67 bits per heavy atom. The van der Waals surface area contributed by atoms with Crippen molar-refractivity contribution in [1.82, 2.24) is 4.57 Å². The molecule has 112 valence electrons. The summed E-state index contributed by atoms with van der Waals surface area (Å²) >= 11 is 0. The molecule has 0 aliphatic rings. The maximum Gasteiger partial charge on any atom is 0.303 e. The Balaban J connectivity index is 2.73. The number of pyridine rings is 1. The number of aromatic nitrogens is 1. The van der Waals surface area contributed by atoms with Gasteiger partial charge in [-0.05, 0) is 38.5 Å². The van der Waals surface area contributed by atoms with E-state index in [0.717, 1.165) is 17.8 Å². The number of fused-ring (bicyclic) bond motifs is 1. The van der Waals surface area contributed by atoms with E-state index < -0.39 is 5.97 Å². The average Bonchev–Trinajstić information content (AvgIpc) is 2.47. The zero-order valence-corrected chi connectivity index (χ0v) is 12.5. The van der Waals surface area contributed by atoms with Crippen molar-refractivity contribution in [2.24, 2.45) is 0 Å². The van der Waals surface area contributed by atoms with Crippen LogP contribution >= 0.6 is 0 Å². The third-order valence-electron chi connectivity index (χ3n) is 3.76. The third kappa shape index (κ3) is 2.77. The summed E-state index contributed by atoms with van der Waals surface area (Å²) in [4.78, 5) is 23.4. The highest BCUT2D eigenvalue weighted by atomic mass is 16.5. The molecule has 0 spiro atoms. The lowest BCUT2D eigenvalue weighted by Gasteiger charge is -2.17. The number of carboxylic acids is 1. The van der Waals surface area contributed by atoms with Gasteiger partial charge in [-0.15, -0.1) is 0 Å². The van der Waals surface area contributed by atoms with Crippen molar-refractivity contribution >= 4 is 16.9 Å². The van der Waals surface area contributed by atoms with Gasteiger partial charge in [0.25, 0.3) is 0 Å². The van der Waals surface area contributed by atoms with Crippen LogP contribution in [0.5, 0.6) is 5.75 Å². The molecule has 1 N–H and O–H groups in total. The molecule has 0 bridgehead atoms. The summed E-state index contributed by atoms with van der Waals surface area (Å²) in [6.45, 7) is 4.59. The molecule has 5 heteroatoms. The first-order chi connectivity index (χ1) is 9.99. The highest BCUT2D eigenvalue weighted by molar-refractivity contribution is 5.82. The van der Waals surface area contributed by atoms with E-state index >= 15 is 0 Å². The van der Waals surface area contributed by atoms with Gasteiger partial charge < -0.3 is 14.4 Å². The molecule has 0 unspecified atom stereocenters. The molecular weight excluding hydrogens is 270 g/mol. The van der Waals surface area contributed by atoms with Crippen LogP contribution in [0.2, 0.25) is 0 Å². The first kappa shape index (κ1) is 15.1. The quantitative estimate of drug-likeness (QED) is 0.917. The van der Waals surface area contributed by atoms with Gasteiger partial charge in [-0.1, -0.05) is 0 Å². The zero-order chi connectivity index (χ0) is 15.6. The Hall–Kier alpha value is -2.30. The normalized spacial score (nSPS) is 10.8. The fourth-order valence-electron chi connectivity index (χ4n) is 2.66. The molecule has 0 fully saturated rings. The van der Waals surface area contributed by atoms with Gasteiger partial charge >= 0.3 is 5.97 Å². The number of carboxylic acid groups (broad SMARTS) is 1. The van der Waals surface area contributed by atoms with E-state index in [9.17, 15) is 9.59 Å². The van der Waals surface area contributed by atoms with E-state index in [2.05, 4.69) is 0 Å². The Kier molecular flexibility index (Phi) is 4.31. The van der Waals surface area contributed by atoms with Gasteiger partial charge in [-0.2, -0.15) is 0 Å². The van der Waals surface area contributed by atoms with Crippen LogP contribution in [0.25, 0.3) is 10.9 Å². The number of benzene rings is 1. The maximum atomic E-state index is 12.6.